The van der Waals surface area contributed by atoms with Gasteiger partial charge in [0.15, 0.2) is 0 Å². The van der Waals surface area contributed by atoms with Crippen LogP contribution in [0.4, 0.5) is 0 Å². The molecule has 7 heteroatoms. The molecule has 3 atom stereocenters. The molecule has 0 saturated heterocycles. The molecule has 0 aliphatic heterocycles. The summed E-state index contributed by atoms with van der Waals surface area (Å²) in [7, 11) is 1.96. The lowest BCUT2D eigenvalue weighted by atomic mass is 10.0. The van der Waals surface area contributed by atoms with Crippen molar-refractivity contribution in [1.82, 2.24) is 30.3 Å². The summed E-state index contributed by atoms with van der Waals surface area (Å²) in [4.78, 5) is 0. The first-order valence-electron chi connectivity index (χ1n) is 8.35. The van der Waals surface area contributed by atoms with E-state index in [1.807, 2.05) is 17.8 Å². The number of aliphatic hydroxyl groups excluding tert-OH is 1. The van der Waals surface area contributed by atoms with Gasteiger partial charge in [-0.25, -0.2) is 0 Å². The maximum Gasteiger partial charge on any atom is 0.135 e. The van der Waals surface area contributed by atoms with E-state index in [9.17, 15) is 5.11 Å². The third kappa shape index (κ3) is 2.92. The topological polar surface area (TPSA) is 91.7 Å². The van der Waals surface area contributed by atoms with Gasteiger partial charge in [-0.05, 0) is 30.4 Å². The Hall–Kier alpha value is -2.25. The summed E-state index contributed by atoms with van der Waals surface area (Å²) in [5.41, 5.74) is 2.27. The number of hydrogen-bond donors (Lipinski definition) is 3. The number of H-pyrrole nitrogens is 1. The zero-order valence-electron chi connectivity index (χ0n) is 13.7. The van der Waals surface area contributed by atoms with Gasteiger partial charge in [-0.1, -0.05) is 12.1 Å². The second-order valence-corrected chi connectivity index (χ2v) is 6.72. The molecule has 2 aromatic heterocycles. The van der Waals surface area contributed by atoms with Crippen LogP contribution in [0, 0.1) is 5.92 Å². The van der Waals surface area contributed by atoms with Crippen molar-refractivity contribution in [2.45, 2.75) is 31.4 Å². The van der Waals surface area contributed by atoms with Crippen LogP contribution in [0.15, 0.2) is 30.7 Å². The molecule has 1 fully saturated rings. The minimum atomic E-state index is -0.283. The lowest BCUT2D eigenvalue weighted by Crippen LogP contribution is -2.27. The van der Waals surface area contributed by atoms with E-state index < -0.39 is 0 Å². The maximum atomic E-state index is 10.3. The fourth-order valence-electron chi connectivity index (χ4n) is 3.69. The Morgan fingerprint density at radius 3 is 3.12 bits per heavy atom. The summed E-state index contributed by atoms with van der Waals surface area (Å²) in [6.45, 7) is 1.59. The van der Waals surface area contributed by atoms with Gasteiger partial charge in [0, 0.05) is 31.4 Å². The van der Waals surface area contributed by atoms with E-state index in [0.29, 0.717) is 5.92 Å². The molecule has 2 heterocycles. The van der Waals surface area contributed by atoms with Crippen LogP contribution in [-0.4, -0.2) is 42.7 Å². The lowest BCUT2D eigenvalue weighted by molar-refractivity contribution is 0.131. The monoisotopic (exact) mass is 326 g/mol. The van der Waals surface area contributed by atoms with Gasteiger partial charge in [-0.15, -0.1) is 10.2 Å². The molecule has 7 nitrogen and oxygen atoms in total. The Bertz CT molecular complexity index is 825. The van der Waals surface area contributed by atoms with Crippen molar-refractivity contribution in [3.63, 3.8) is 0 Å². The number of benzene rings is 1. The first-order chi connectivity index (χ1) is 11.7. The average Bonchev–Trinajstić information content (AvgIpc) is 3.27. The Balaban J connectivity index is 1.33. The number of rotatable bonds is 5. The average molecular weight is 326 g/mol. The van der Waals surface area contributed by atoms with Crippen LogP contribution in [0.2, 0.25) is 0 Å². The number of nitrogens with one attached hydrogen (secondary N) is 2. The molecule has 3 N–H and O–H groups in total. The largest absolute Gasteiger partial charge is 0.393 e. The quantitative estimate of drug-likeness (QED) is 0.658. The minimum Gasteiger partial charge on any atom is -0.393 e. The van der Waals surface area contributed by atoms with E-state index in [2.05, 4.69) is 43.9 Å². The summed E-state index contributed by atoms with van der Waals surface area (Å²) in [5.74, 6) is 1.52. The number of hydrogen-bond acceptors (Lipinski definition) is 5. The molecular weight excluding hydrogens is 304 g/mol. The lowest BCUT2D eigenvalue weighted by Gasteiger charge is -2.15. The SMILES string of the molecule is Cn1cnnc1[C@H]1C[C@H](CNCc2ccc3cn[nH]c3c2)[C@H](O)C1. The van der Waals surface area contributed by atoms with Gasteiger partial charge < -0.3 is 15.0 Å². The van der Waals surface area contributed by atoms with Crippen LogP contribution >= 0.6 is 0 Å². The van der Waals surface area contributed by atoms with Crippen molar-refractivity contribution in [3.8, 4) is 0 Å². The zero-order chi connectivity index (χ0) is 16.5. The molecule has 1 aromatic carbocycles. The van der Waals surface area contributed by atoms with Crippen molar-refractivity contribution in [3.05, 3.63) is 42.1 Å². The van der Waals surface area contributed by atoms with Crippen molar-refractivity contribution >= 4 is 10.9 Å². The summed E-state index contributed by atoms with van der Waals surface area (Å²) in [6.07, 6.45) is 4.97. The van der Waals surface area contributed by atoms with Crippen LogP contribution in [-0.2, 0) is 13.6 Å². The summed E-state index contributed by atoms with van der Waals surface area (Å²) in [5, 5.41) is 30.1. The summed E-state index contributed by atoms with van der Waals surface area (Å²) < 4.78 is 1.95. The smallest absolute Gasteiger partial charge is 0.135 e. The predicted molar refractivity (Wildman–Crippen MR) is 90.3 cm³/mol. The van der Waals surface area contributed by atoms with Crippen LogP contribution in [0.3, 0.4) is 0 Å². The Morgan fingerprint density at radius 2 is 2.29 bits per heavy atom. The van der Waals surface area contributed by atoms with Crippen LogP contribution < -0.4 is 5.32 Å². The number of aromatic nitrogens is 5. The van der Waals surface area contributed by atoms with Gasteiger partial charge >= 0.3 is 0 Å². The molecule has 0 bridgehead atoms. The molecular formula is C17H22N6O. The van der Waals surface area contributed by atoms with Gasteiger partial charge in [0.2, 0.25) is 0 Å². The fraction of sp³-hybridized carbons (Fsp3) is 0.471. The van der Waals surface area contributed by atoms with Gasteiger partial charge in [0.25, 0.3) is 0 Å². The highest BCUT2D eigenvalue weighted by atomic mass is 16.3. The van der Waals surface area contributed by atoms with E-state index in [-0.39, 0.29) is 12.0 Å². The fourth-order valence-corrected chi connectivity index (χ4v) is 3.69. The molecule has 0 radical (unpaired) electrons. The molecule has 0 unspecified atom stereocenters. The first kappa shape index (κ1) is 15.3. The number of aliphatic hydroxyl groups is 1. The highest BCUT2D eigenvalue weighted by Gasteiger charge is 2.35. The molecule has 4 rings (SSSR count). The first-order valence-corrected chi connectivity index (χ1v) is 8.35. The second-order valence-electron chi connectivity index (χ2n) is 6.72. The van der Waals surface area contributed by atoms with Gasteiger partial charge in [0.1, 0.15) is 12.2 Å². The highest BCUT2D eigenvalue weighted by molar-refractivity contribution is 5.78. The Kier molecular flexibility index (Phi) is 4.03. The van der Waals surface area contributed by atoms with E-state index in [1.54, 1.807) is 6.33 Å². The van der Waals surface area contributed by atoms with Crippen LogP contribution in [0.25, 0.3) is 10.9 Å². The Labute approximate surface area is 140 Å². The van der Waals surface area contributed by atoms with Crippen LogP contribution in [0.1, 0.15) is 30.1 Å². The number of aryl methyl sites for hydroxylation is 1. The number of nitrogens with zero attached hydrogens (tertiary/aromatic N) is 4. The van der Waals surface area contributed by atoms with Crippen molar-refractivity contribution in [2.75, 3.05) is 6.54 Å². The number of fused-ring (bicyclic) bond motifs is 1. The van der Waals surface area contributed by atoms with E-state index in [1.165, 1.54) is 5.56 Å². The second kappa shape index (κ2) is 6.33. The molecule has 126 valence electrons. The molecule has 0 amide bonds. The van der Waals surface area contributed by atoms with E-state index in [4.69, 9.17) is 0 Å². The van der Waals surface area contributed by atoms with Gasteiger partial charge in [-0.2, -0.15) is 5.10 Å². The molecule has 1 aliphatic rings. The van der Waals surface area contributed by atoms with E-state index >= 15 is 0 Å². The normalized spacial score (nSPS) is 24.0. The van der Waals surface area contributed by atoms with Gasteiger partial charge in [-0.3, -0.25) is 5.10 Å². The van der Waals surface area contributed by atoms with Crippen LogP contribution in [0.5, 0.6) is 0 Å². The van der Waals surface area contributed by atoms with Crippen molar-refractivity contribution < 1.29 is 5.11 Å². The molecule has 1 saturated carbocycles. The minimum absolute atomic E-state index is 0.252. The third-order valence-electron chi connectivity index (χ3n) is 5.01. The zero-order valence-corrected chi connectivity index (χ0v) is 13.7. The summed E-state index contributed by atoms with van der Waals surface area (Å²) >= 11 is 0. The van der Waals surface area contributed by atoms with E-state index in [0.717, 1.165) is 42.7 Å². The predicted octanol–water partition coefficient (Wildman–Crippen LogP) is 1.34. The summed E-state index contributed by atoms with van der Waals surface area (Å²) in [6, 6.07) is 6.30. The van der Waals surface area contributed by atoms with Gasteiger partial charge in [0.05, 0.1) is 17.8 Å². The molecule has 0 spiro atoms. The molecule has 24 heavy (non-hydrogen) atoms. The maximum absolute atomic E-state index is 10.3. The standard InChI is InChI=1S/C17H22N6O/c1-23-10-20-22-17(23)13-5-14(16(24)6-13)8-18-7-11-2-3-12-9-19-21-15(12)4-11/h2-4,9-10,13-14,16,18,24H,5-8H2,1H3,(H,19,21)/t13-,14+,16+/m0/s1. The number of aromatic amines is 1. The van der Waals surface area contributed by atoms with Crippen molar-refractivity contribution in [2.24, 2.45) is 13.0 Å². The highest BCUT2D eigenvalue weighted by Crippen LogP contribution is 2.37. The molecule has 1 aliphatic carbocycles. The third-order valence-corrected chi connectivity index (χ3v) is 5.01. The Morgan fingerprint density at radius 1 is 1.38 bits per heavy atom. The molecule has 3 aromatic rings. The van der Waals surface area contributed by atoms with Crippen molar-refractivity contribution in [1.29, 1.82) is 0 Å².